The summed E-state index contributed by atoms with van der Waals surface area (Å²) >= 11 is 1.06. The summed E-state index contributed by atoms with van der Waals surface area (Å²) < 4.78 is 19.4. The second kappa shape index (κ2) is 15.1. The first kappa shape index (κ1) is 27.3. The molecular formula is C22H30N4O5V. The Hall–Kier alpha value is -2.72. The average Bonchev–Trinajstić information content (AvgIpc) is 2.77. The molecule has 0 spiro atoms. The van der Waals surface area contributed by atoms with Crippen molar-refractivity contribution in [3.05, 3.63) is 47.5 Å². The second-order valence-corrected chi connectivity index (χ2v) is 7.22. The van der Waals surface area contributed by atoms with Gasteiger partial charge in [-0.3, -0.25) is 19.8 Å². The topological polar surface area (TPSA) is 107 Å². The van der Waals surface area contributed by atoms with Crippen LogP contribution in [0.15, 0.2) is 46.4 Å². The Morgan fingerprint density at radius 3 is 1.50 bits per heavy atom. The van der Waals surface area contributed by atoms with Crippen LogP contribution in [0, 0.1) is 0 Å². The molecule has 0 aliphatic rings. The molecule has 0 heterocycles. The van der Waals surface area contributed by atoms with E-state index in [2.05, 4.69) is 9.98 Å². The monoisotopic (exact) mass is 481 g/mol. The molecule has 0 saturated carbocycles. The van der Waals surface area contributed by atoms with E-state index in [9.17, 15) is 10.2 Å². The molecule has 0 atom stereocenters. The third-order valence-electron chi connectivity index (χ3n) is 3.80. The fourth-order valence-corrected chi connectivity index (χ4v) is 2.30. The van der Waals surface area contributed by atoms with E-state index in [1.807, 2.05) is 38.0 Å². The first-order valence-corrected chi connectivity index (χ1v) is 10.3. The number of benzene rings is 2. The third kappa shape index (κ3) is 10.5. The van der Waals surface area contributed by atoms with Crippen LogP contribution < -0.4 is 9.47 Å². The maximum atomic E-state index is 9.97. The number of hydrogen-bond acceptors (Lipinski definition) is 9. The van der Waals surface area contributed by atoms with Gasteiger partial charge in [-0.1, -0.05) is 0 Å². The zero-order valence-corrected chi connectivity index (χ0v) is 20.2. The Bertz CT molecular complexity index is 819. The fraction of sp³-hybridized carbons (Fsp3) is 0.364. The molecule has 32 heavy (non-hydrogen) atoms. The van der Waals surface area contributed by atoms with E-state index in [-0.39, 0.29) is 11.5 Å². The van der Waals surface area contributed by atoms with Crippen LogP contribution in [-0.2, 0) is 21.0 Å². The van der Waals surface area contributed by atoms with Crippen LogP contribution in [-0.4, -0.2) is 87.2 Å². The van der Waals surface area contributed by atoms with Crippen molar-refractivity contribution in [2.75, 3.05) is 54.7 Å². The molecule has 173 valence electrons. The quantitative estimate of drug-likeness (QED) is 0.288. The minimum absolute atomic E-state index is 0.138. The molecule has 0 radical (unpaired) electrons. The van der Waals surface area contributed by atoms with Gasteiger partial charge in [-0.05, 0) is 64.6 Å². The summed E-state index contributed by atoms with van der Waals surface area (Å²) in [6.07, 6.45) is 3.20. The molecule has 0 aliphatic carbocycles. The molecule has 0 saturated heterocycles. The molecule has 0 aliphatic heterocycles. The number of aliphatic imine (C=N–C) groups is 2. The Morgan fingerprint density at radius 2 is 1.16 bits per heavy atom. The predicted octanol–water partition coefficient (Wildman–Crippen LogP) is 2.31. The Balaban J connectivity index is 0.00000249. The summed E-state index contributed by atoms with van der Waals surface area (Å²) in [7, 11) is 7.65. The van der Waals surface area contributed by atoms with Crippen molar-refractivity contribution in [1.29, 1.82) is 0 Å². The van der Waals surface area contributed by atoms with E-state index in [4.69, 9.17) is 13.1 Å². The van der Waals surface area contributed by atoms with Crippen LogP contribution in [0.1, 0.15) is 11.1 Å². The number of hydrogen-bond donors (Lipinski definition) is 2. The summed E-state index contributed by atoms with van der Waals surface area (Å²) in [5.74, 6) is 1.60. The molecule has 0 fully saturated rings. The van der Waals surface area contributed by atoms with Crippen LogP contribution in [0.3, 0.4) is 0 Å². The molecule has 0 aromatic heterocycles. The number of phenolic OH excluding ortho intramolecular Hbond substituents is 2. The van der Waals surface area contributed by atoms with E-state index < -0.39 is 0 Å². The Morgan fingerprint density at radius 1 is 0.781 bits per heavy atom. The molecule has 9 nitrogen and oxygen atoms in total. The first-order valence-electron chi connectivity index (χ1n) is 9.74. The average molecular weight is 481 g/mol. The van der Waals surface area contributed by atoms with E-state index in [1.165, 1.54) is 0 Å². The Kier molecular flexibility index (Phi) is 12.9. The first-order chi connectivity index (χ1) is 15.3. The SMILES string of the molecule is CN(C)COc1ccc(O)c(C=NCCN=Cc2cc(OCN(C)C)ccc2O)c1.[O]=[V]. The van der Waals surface area contributed by atoms with Gasteiger partial charge < -0.3 is 19.7 Å². The summed E-state index contributed by atoms with van der Waals surface area (Å²) in [4.78, 5) is 12.4. The van der Waals surface area contributed by atoms with Gasteiger partial charge in [-0.15, -0.1) is 0 Å². The standard InChI is InChI=1S/C22H30N4O4.O.V/c1-25(2)15-29-19-5-7-21(27)17(11-19)13-23-9-10-24-14-18-12-20(6-8-22(18)28)30-16-26(3)4;;/h5-8,11-14,27-28H,9-10,15-16H2,1-4H3;;. The molecule has 10 heteroatoms. The summed E-state index contributed by atoms with van der Waals surface area (Å²) in [5, 5.41) is 19.9. The molecule has 2 aromatic rings. The van der Waals surface area contributed by atoms with Crippen molar-refractivity contribution < 1.29 is 40.7 Å². The number of rotatable bonds is 11. The van der Waals surface area contributed by atoms with Gasteiger partial charge in [0.25, 0.3) is 0 Å². The molecule has 0 bridgehead atoms. The maximum absolute atomic E-state index is 9.97. The van der Waals surface area contributed by atoms with Gasteiger partial charge in [0.15, 0.2) is 0 Å². The van der Waals surface area contributed by atoms with Crippen LogP contribution in [0.25, 0.3) is 0 Å². The van der Waals surface area contributed by atoms with E-state index >= 15 is 0 Å². The van der Waals surface area contributed by atoms with Crippen molar-refractivity contribution in [2.45, 2.75) is 0 Å². The van der Waals surface area contributed by atoms with Gasteiger partial charge in [0.2, 0.25) is 0 Å². The van der Waals surface area contributed by atoms with Crippen LogP contribution in [0.5, 0.6) is 23.0 Å². The number of ether oxygens (including phenoxy) is 2. The number of phenols is 2. The second-order valence-electron chi connectivity index (χ2n) is 7.22. The van der Waals surface area contributed by atoms with E-state index in [0.29, 0.717) is 49.2 Å². The third-order valence-corrected chi connectivity index (χ3v) is 3.80. The van der Waals surface area contributed by atoms with Gasteiger partial charge in [-0.25, -0.2) is 0 Å². The molecule has 0 amide bonds. The normalized spacial score (nSPS) is 11.2. The molecule has 2 aromatic carbocycles. The molecule has 0 unspecified atom stereocenters. The fourth-order valence-electron chi connectivity index (χ4n) is 2.30. The number of nitrogens with zero attached hydrogens (tertiary/aromatic N) is 4. The van der Waals surface area contributed by atoms with Gasteiger partial charge in [0, 0.05) is 23.6 Å². The summed E-state index contributed by atoms with van der Waals surface area (Å²) in [6.45, 7) is 1.78. The van der Waals surface area contributed by atoms with Crippen molar-refractivity contribution in [3.8, 4) is 23.0 Å². The zero-order chi connectivity index (χ0) is 23.9. The van der Waals surface area contributed by atoms with Gasteiger partial charge >= 0.3 is 21.0 Å². The number of aromatic hydroxyl groups is 2. The van der Waals surface area contributed by atoms with Crippen molar-refractivity contribution in [3.63, 3.8) is 0 Å². The predicted molar refractivity (Wildman–Crippen MR) is 120 cm³/mol. The van der Waals surface area contributed by atoms with Gasteiger partial charge in [-0.2, -0.15) is 0 Å². The summed E-state index contributed by atoms with van der Waals surface area (Å²) in [5.41, 5.74) is 1.16. The van der Waals surface area contributed by atoms with Crippen molar-refractivity contribution >= 4 is 12.4 Å². The van der Waals surface area contributed by atoms with E-state index in [1.54, 1.807) is 48.8 Å². The summed E-state index contributed by atoms with van der Waals surface area (Å²) in [6, 6.07) is 10.1. The molecular weight excluding hydrogens is 451 g/mol. The molecule has 2 N–H and O–H groups in total. The Labute approximate surface area is 198 Å². The van der Waals surface area contributed by atoms with E-state index in [0.717, 1.165) is 17.4 Å². The minimum atomic E-state index is 0.138. The van der Waals surface area contributed by atoms with Crippen LogP contribution in [0.2, 0.25) is 0 Å². The van der Waals surface area contributed by atoms with Gasteiger partial charge in [0.1, 0.15) is 36.5 Å². The van der Waals surface area contributed by atoms with Crippen LogP contribution in [0.4, 0.5) is 0 Å². The molecule has 2 rings (SSSR count). The van der Waals surface area contributed by atoms with Crippen molar-refractivity contribution in [2.24, 2.45) is 9.98 Å². The van der Waals surface area contributed by atoms with Gasteiger partial charge in [0.05, 0.1) is 13.1 Å². The van der Waals surface area contributed by atoms with Crippen molar-refractivity contribution in [1.82, 2.24) is 9.80 Å². The zero-order valence-electron chi connectivity index (χ0n) is 18.8. The van der Waals surface area contributed by atoms with Crippen LogP contribution >= 0.6 is 0 Å².